The van der Waals surface area contributed by atoms with Gasteiger partial charge in [-0.25, -0.2) is 9.97 Å². The normalized spacial score (nSPS) is 11.8. The second-order valence-electron chi connectivity index (χ2n) is 4.59. The molecular weight excluding hydrogens is 270 g/mol. The van der Waals surface area contributed by atoms with Crippen molar-refractivity contribution in [2.45, 2.75) is 33.2 Å². The highest BCUT2D eigenvalue weighted by Gasteiger charge is 2.13. The summed E-state index contributed by atoms with van der Waals surface area (Å²) in [5.41, 5.74) is 0. The van der Waals surface area contributed by atoms with Crippen LogP contribution in [0.15, 0.2) is 6.07 Å². The first kappa shape index (κ1) is 17.2. The lowest BCUT2D eigenvalue weighted by Gasteiger charge is -2.16. The summed E-state index contributed by atoms with van der Waals surface area (Å²) < 4.78 is 4.90. The fourth-order valence-electron chi connectivity index (χ4n) is 1.72. The lowest BCUT2D eigenvalue weighted by molar-refractivity contribution is -0.121. The second kappa shape index (κ2) is 9.12. The Kier molecular flexibility index (Phi) is 7.45. The molecule has 0 spiro atoms. The van der Waals surface area contributed by atoms with Gasteiger partial charge < -0.3 is 20.7 Å². The maximum atomic E-state index is 11.9. The molecule has 0 aliphatic heterocycles. The van der Waals surface area contributed by atoms with Crippen LogP contribution in [0.2, 0.25) is 0 Å². The van der Waals surface area contributed by atoms with E-state index in [0.717, 1.165) is 24.6 Å². The van der Waals surface area contributed by atoms with E-state index in [-0.39, 0.29) is 11.9 Å². The van der Waals surface area contributed by atoms with Gasteiger partial charge in [-0.2, -0.15) is 0 Å². The molecule has 3 N–H and O–H groups in total. The van der Waals surface area contributed by atoms with E-state index >= 15 is 0 Å². The van der Waals surface area contributed by atoms with E-state index in [0.29, 0.717) is 19.0 Å². The Morgan fingerprint density at radius 1 is 1.33 bits per heavy atom. The summed E-state index contributed by atoms with van der Waals surface area (Å²) in [6.45, 7) is 7.57. The Balaban J connectivity index is 2.67. The maximum absolute atomic E-state index is 11.9. The molecule has 118 valence electrons. The van der Waals surface area contributed by atoms with Crippen LogP contribution in [0.25, 0.3) is 0 Å². The van der Waals surface area contributed by atoms with Crippen LogP contribution in [0.4, 0.5) is 11.6 Å². The third-order valence-electron chi connectivity index (χ3n) is 2.81. The van der Waals surface area contributed by atoms with Crippen LogP contribution in [0.5, 0.6) is 0 Å². The number of amides is 1. The summed E-state index contributed by atoms with van der Waals surface area (Å²) in [5.74, 6) is 2.06. The van der Waals surface area contributed by atoms with E-state index in [1.807, 2.05) is 19.9 Å². The monoisotopic (exact) mass is 295 g/mol. The van der Waals surface area contributed by atoms with Gasteiger partial charge in [-0.15, -0.1) is 0 Å². The number of methoxy groups -OCH3 is 1. The smallest absolute Gasteiger partial charge is 0.242 e. The van der Waals surface area contributed by atoms with E-state index in [4.69, 9.17) is 4.74 Å². The Labute approximate surface area is 125 Å². The average molecular weight is 295 g/mol. The van der Waals surface area contributed by atoms with Crippen LogP contribution in [0.1, 0.15) is 26.6 Å². The van der Waals surface area contributed by atoms with Gasteiger partial charge in [0, 0.05) is 32.7 Å². The molecule has 1 amide bonds. The first-order chi connectivity index (χ1) is 10.1. The molecule has 7 heteroatoms. The van der Waals surface area contributed by atoms with Crippen LogP contribution in [0.3, 0.4) is 0 Å². The number of hydrogen-bond donors (Lipinski definition) is 3. The number of aryl methyl sites for hydroxylation is 1. The maximum Gasteiger partial charge on any atom is 0.242 e. The molecule has 1 aromatic rings. The zero-order valence-corrected chi connectivity index (χ0v) is 13.2. The van der Waals surface area contributed by atoms with Gasteiger partial charge in [0.2, 0.25) is 5.91 Å². The van der Waals surface area contributed by atoms with Crippen LogP contribution in [-0.2, 0) is 16.0 Å². The fourth-order valence-corrected chi connectivity index (χ4v) is 1.72. The van der Waals surface area contributed by atoms with E-state index in [1.165, 1.54) is 0 Å². The van der Waals surface area contributed by atoms with E-state index in [9.17, 15) is 4.79 Å². The number of carbonyl (C=O) groups excluding carboxylic acids is 1. The number of hydrogen-bond acceptors (Lipinski definition) is 6. The van der Waals surface area contributed by atoms with Crippen molar-refractivity contribution in [1.29, 1.82) is 0 Å². The number of anilines is 2. The predicted molar refractivity (Wildman–Crippen MR) is 83.5 cm³/mol. The van der Waals surface area contributed by atoms with Crippen molar-refractivity contribution in [2.24, 2.45) is 0 Å². The Morgan fingerprint density at radius 2 is 2.05 bits per heavy atom. The summed E-state index contributed by atoms with van der Waals surface area (Å²) in [4.78, 5) is 20.7. The van der Waals surface area contributed by atoms with Crippen molar-refractivity contribution >= 4 is 17.5 Å². The number of carbonyl (C=O) groups is 1. The zero-order chi connectivity index (χ0) is 15.7. The highest BCUT2D eigenvalue weighted by molar-refractivity contribution is 5.83. The summed E-state index contributed by atoms with van der Waals surface area (Å²) in [6, 6.07) is 1.43. The topological polar surface area (TPSA) is 88.2 Å². The first-order valence-electron chi connectivity index (χ1n) is 7.25. The highest BCUT2D eigenvalue weighted by atomic mass is 16.5. The molecule has 0 aliphatic carbocycles. The summed E-state index contributed by atoms with van der Waals surface area (Å²) in [7, 11) is 1.60. The molecule has 0 aliphatic rings. The molecule has 0 saturated carbocycles. The minimum absolute atomic E-state index is 0.0892. The number of aromatic nitrogens is 2. The molecule has 1 rings (SSSR count). The molecular formula is C14H25N5O2. The standard InChI is InChI=1S/C14H25N5O2/c1-5-11-18-12(15-6-2)9-13(19-11)17-10(3)14(20)16-7-8-21-4/h9-10H,5-8H2,1-4H3,(H,16,20)(H2,15,17,18,19). The zero-order valence-electron chi connectivity index (χ0n) is 13.2. The van der Waals surface area contributed by atoms with Crippen molar-refractivity contribution in [3.8, 4) is 0 Å². The number of ether oxygens (including phenoxy) is 1. The van der Waals surface area contributed by atoms with Crippen molar-refractivity contribution in [1.82, 2.24) is 15.3 Å². The fraction of sp³-hybridized carbons (Fsp3) is 0.643. The summed E-state index contributed by atoms with van der Waals surface area (Å²) >= 11 is 0. The van der Waals surface area contributed by atoms with Crippen molar-refractivity contribution in [2.75, 3.05) is 37.4 Å². The molecule has 1 unspecified atom stereocenters. The van der Waals surface area contributed by atoms with Crippen LogP contribution in [0, 0.1) is 0 Å². The van der Waals surface area contributed by atoms with Crippen molar-refractivity contribution in [3.63, 3.8) is 0 Å². The molecule has 1 aromatic heterocycles. The SMILES string of the molecule is CCNc1cc(NC(C)C(=O)NCCOC)nc(CC)n1. The molecule has 0 aromatic carbocycles. The van der Waals surface area contributed by atoms with E-state index in [2.05, 4.69) is 25.9 Å². The average Bonchev–Trinajstić information content (AvgIpc) is 2.47. The molecule has 0 fully saturated rings. The van der Waals surface area contributed by atoms with Gasteiger partial charge in [-0.1, -0.05) is 6.92 Å². The quantitative estimate of drug-likeness (QED) is 0.590. The highest BCUT2D eigenvalue weighted by Crippen LogP contribution is 2.12. The molecule has 7 nitrogen and oxygen atoms in total. The van der Waals surface area contributed by atoms with E-state index in [1.54, 1.807) is 14.0 Å². The molecule has 21 heavy (non-hydrogen) atoms. The van der Waals surface area contributed by atoms with Gasteiger partial charge in [0.15, 0.2) is 0 Å². The lowest BCUT2D eigenvalue weighted by atomic mass is 10.3. The molecule has 1 heterocycles. The molecule has 0 saturated heterocycles. The van der Waals surface area contributed by atoms with Crippen LogP contribution in [-0.4, -0.2) is 48.7 Å². The lowest BCUT2D eigenvalue weighted by Crippen LogP contribution is -2.39. The first-order valence-corrected chi connectivity index (χ1v) is 7.25. The van der Waals surface area contributed by atoms with Gasteiger partial charge in [0.05, 0.1) is 6.61 Å². The molecule has 0 radical (unpaired) electrons. The minimum Gasteiger partial charge on any atom is -0.383 e. The van der Waals surface area contributed by atoms with Crippen LogP contribution >= 0.6 is 0 Å². The summed E-state index contributed by atoms with van der Waals surface area (Å²) in [6.07, 6.45) is 0.738. The summed E-state index contributed by atoms with van der Waals surface area (Å²) in [5, 5.41) is 9.04. The van der Waals surface area contributed by atoms with Crippen LogP contribution < -0.4 is 16.0 Å². The van der Waals surface area contributed by atoms with Gasteiger partial charge in [-0.3, -0.25) is 4.79 Å². The van der Waals surface area contributed by atoms with Crippen molar-refractivity contribution in [3.05, 3.63) is 11.9 Å². The Bertz CT molecular complexity index is 453. The van der Waals surface area contributed by atoms with Gasteiger partial charge >= 0.3 is 0 Å². The number of nitrogens with zero attached hydrogens (tertiary/aromatic N) is 2. The second-order valence-corrected chi connectivity index (χ2v) is 4.59. The minimum atomic E-state index is -0.379. The Morgan fingerprint density at radius 3 is 2.67 bits per heavy atom. The third kappa shape index (κ3) is 5.95. The number of nitrogens with one attached hydrogen (secondary N) is 3. The third-order valence-corrected chi connectivity index (χ3v) is 2.81. The molecule has 0 bridgehead atoms. The number of rotatable bonds is 9. The van der Waals surface area contributed by atoms with Gasteiger partial charge in [-0.05, 0) is 13.8 Å². The molecule has 1 atom stereocenters. The van der Waals surface area contributed by atoms with Crippen molar-refractivity contribution < 1.29 is 9.53 Å². The Hall–Kier alpha value is -1.89. The van der Waals surface area contributed by atoms with Gasteiger partial charge in [0.25, 0.3) is 0 Å². The van der Waals surface area contributed by atoms with Gasteiger partial charge in [0.1, 0.15) is 23.5 Å². The predicted octanol–water partition coefficient (Wildman–Crippen LogP) is 1.03. The van der Waals surface area contributed by atoms with E-state index < -0.39 is 0 Å². The largest absolute Gasteiger partial charge is 0.383 e.